The van der Waals surface area contributed by atoms with Crippen LogP contribution in [0.5, 0.6) is 0 Å². The zero-order valence-corrected chi connectivity index (χ0v) is 6.08. The summed E-state index contributed by atoms with van der Waals surface area (Å²) in [4.78, 5) is 0. The van der Waals surface area contributed by atoms with E-state index in [1.807, 2.05) is 0 Å². The summed E-state index contributed by atoms with van der Waals surface area (Å²) in [5.41, 5.74) is 0. The van der Waals surface area contributed by atoms with Gasteiger partial charge in [0.2, 0.25) is 0 Å². The van der Waals surface area contributed by atoms with Gasteiger partial charge in [0.15, 0.2) is 0 Å². The summed E-state index contributed by atoms with van der Waals surface area (Å²) in [6.07, 6.45) is -7.66. The molecule has 0 radical (unpaired) electrons. The molecule has 0 fully saturated rings. The quantitative estimate of drug-likeness (QED) is 0.688. The molecule has 0 heterocycles. The average Bonchev–Trinajstić information content (AvgIpc) is 1.84. The molecule has 13 heavy (non-hydrogen) atoms. The van der Waals surface area contributed by atoms with E-state index in [-0.39, 0.29) is 0 Å². The van der Waals surface area contributed by atoms with E-state index in [0.717, 1.165) is 0 Å². The van der Waals surface area contributed by atoms with Gasteiger partial charge in [-0.05, 0) is 0 Å². The van der Waals surface area contributed by atoms with Crippen LogP contribution >= 0.6 is 0 Å². The fourth-order valence-electron chi connectivity index (χ4n) is 0.517. The van der Waals surface area contributed by atoms with Crippen LogP contribution in [0.25, 0.3) is 0 Å². The zero-order chi connectivity index (χ0) is 10.9. The van der Waals surface area contributed by atoms with E-state index in [9.17, 15) is 26.3 Å². The fraction of sp³-hybridized carbons (Fsp3) is 1.00. The SMILES string of the molecule is OCCC(F)(F)C(F)(F)C(O)(F)F. The van der Waals surface area contributed by atoms with E-state index in [1.54, 1.807) is 0 Å². The fourth-order valence-corrected chi connectivity index (χ4v) is 0.517. The molecule has 0 aromatic carbocycles. The Labute approximate surface area is 68.8 Å². The normalized spacial score (nSPS) is 14.8. The minimum absolute atomic E-state index is 1.39. The van der Waals surface area contributed by atoms with Gasteiger partial charge in [-0.25, -0.2) is 0 Å². The third-order valence-electron chi connectivity index (χ3n) is 1.26. The van der Waals surface area contributed by atoms with Crippen molar-refractivity contribution in [3.8, 4) is 0 Å². The van der Waals surface area contributed by atoms with Crippen molar-refractivity contribution >= 4 is 0 Å². The minimum Gasteiger partial charge on any atom is -0.396 e. The van der Waals surface area contributed by atoms with Crippen molar-refractivity contribution < 1.29 is 36.6 Å². The number of hydrogen-bond donors (Lipinski definition) is 2. The Morgan fingerprint density at radius 1 is 0.923 bits per heavy atom. The van der Waals surface area contributed by atoms with Gasteiger partial charge in [-0.2, -0.15) is 26.3 Å². The molecule has 0 bridgehead atoms. The minimum atomic E-state index is -5.89. The summed E-state index contributed by atoms with van der Waals surface area (Å²) in [7, 11) is 0. The molecule has 0 saturated carbocycles. The second-order valence-corrected chi connectivity index (χ2v) is 2.29. The number of halogens is 6. The molecule has 0 amide bonds. The molecule has 8 heteroatoms. The topological polar surface area (TPSA) is 40.5 Å². The molecule has 0 aliphatic heterocycles. The zero-order valence-electron chi connectivity index (χ0n) is 6.08. The molecule has 0 spiro atoms. The number of rotatable bonds is 4. The van der Waals surface area contributed by atoms with Crippen molar-refractivity contribution in [3.05, 3.63) is 0 Å². The molecular weight excluding hydrogens is 206 g/mol. The van der Waals surface area contributed by atoms with E-state index in [4.69, 9.17) is 10.2 Å². The highest BCUT2D eigenvalue weighted by molar-refractivity contribution is 4.90. The lowest BCUT2D eigenvalue weighted by Gasteiger charge is -2.28. The highest BCUT2D eigenvalue weighted by atomic mass is 19.3. The average molecular weight is 212 g/mol. The summed E-state index contributed by atoms with van der Waals surface area (Å²) >= 11 is 0. The Bertz CT molecular complexity index is 174. The molecule has 0 aliphatic carbocycles. The van der Waals surface area contributed by atoms with Crippen LogP contribution in [-0.2, 0) is 0 Å². The van der Waals surface area contributed by atoms with Gasteiger partial charge in [0.25, 0.3) is 0 Å². The van der Waals surface area contributed by atoms with Crippen LogP contribution in [0.15, 0.2) is 0 Å². The van der Waals surface area contributed by atoms with Crippen LogP contribution in [0, 0.1) is 0 Å². The maximum absolute atomic E-state index is 12.1. The third-order valence-corrected chi connectivity index (χ3v) is 1.26. The second-order valence-electron chi connectivity index (χ2n) is 2.29. The van der Waals surface area contributed by atoms with Gasteiger partial charge < -0.3 is 10.2 Å². The Hall–Kier alpha value is -0.500. The number of alkyl halides is 6. The van der Waals surface area contributed by atoms with E-state index in [0.29, 0.717) is 0 Å². The first-order valence-electron chi connectivity index (χ1n) is 3.03. The van der Waals surface area contributed by atoms with Crippen molar-refractivity contribution in [1.29, 1.82) is 0 Å². The van der Waals surface area contributed by atoms with Crippen LogP contribution in [0.4, 0.5) is 26.3 Å². The number of aliphatic hydroxyl groups is 2. The van der Waals surface area contributed by atoms with Crippen molar-refractivity contribution in [2.75, 3.05) is 6.61 Å². The third kappa shape index (κ3) is 2.25. The smallest absolute Gasteiger partial charge is 0.396 e. The lowest BCUT2D eigenvalue weighted by molar-refractivity contribution is -0.385. The van der Waals surface area contributed by atoms with Crippen molar-refractivity contribution in [3.63, 3.8) is 0 Å². The molecule has 2 nitrogen and oxygen atoms in total. The Morgan fingerprint density at radius 3 is 1.54 bits per heavy atom. The summed E-state index contributed by atoms with van der Waals surface area (Å²) in [5.74, 6) is -11.0. The molecule has 0 aromatic heterocycles. The van der Waals surface area contributed by atoms with Gasteiger partial charge in [-0.15, -0.1) is 0 Å². The molecule has 0 aliphatic rings. The molecular formula is C5H6F6O2. The van der Waals surface area contributed by atoms with E-state index in [1.165, 1.54) is 0 Å². The van der Waals surface area contributed by atoms with Crippen LogP contribution in [0.1, 0.15) is 6.42 Å². The van der Waals surface area contributed by atoms with Crippen molar-refractivity contribution in [2.24, 2.45) is 0 Å². The summed E-state index contributed by atoms with van der Waals surface area (Å²) in [5, 5.41) is 15.4. The molecule has 0 unspecified atom stereocenters. The highest BCUT2D eigenvalue weighted by Gasteiger charge is 2.70. The Kier molecular flexibility index (Phi) is 3.21. The van der Waals surface area contributed by atoms with Crippen LogP contribution in [-0.4, -0.2) is 34.8 Å². The lowest BCUT2D eigenvalue weighted by atomic mass is 10.1. The molecule has 2 N–H and O–H groups in total. The number of aliphatic hydroxyl groups excluding tert-OH is 1. The lowest BCUT2D eigenvalue weighted by Crippen LogP contribution is -2.54. The van der Waals surface area contributed by atoms with Crippen molar-refractivity contribution in [2.45, 2.75) is 24.4 Å². The van der Waals surface area contributed by atoms with Gasteiger partial charge >= 0.3 is 18.0 Å². The largest absolute Gasteiger partial charge is 0.423 e. The first kappa shape index (κ1) is 12.5. The van der Waals surface area contributed by atoms with Crippen molar-refractivity contribution in [1.82, 2.24) is 0 Å². The summed E-state index contributed by atoms with van der Waals surface area (Å²) in [6.45, 7) is -1.39. The van der Waals surface area contributed by atoms with E-state index < -0.39 is 31.0 Å². The first-order valence-corrected chi connectivity index (χ1v) is 3.03. The van der Waals surface area contributed by atoms with Gasteiger partial charge in [0, 0.05) is 13.0 Å². The highest BCUT2D eigenvalue weighted by Crippen LogP contribution is 2.45. The second kappa shape index (κ2) is 3.33. The van der Waals surface area contributed by atoms with Gasteiger partial charge in [0.1, 0.15) is 0 Å². The van der Waals surface area contributed by atoms with Crippen LogP contribution in [0.2, 0.25) is 0 Å². The monoisotopic (exact) mass is 212 g/mol. The molecule has 0 atom stereocenters. The molecule has 80 valence electrons. The standard InChI is InChI=1S/C5H6F6O2/c6-3(7,1-2-12)4(8,9)5(10,11)13/h12-13H,1-2H2. The van der Waals surface area contributed by atoms with Gasteiger partial charge in [-0.3, -0.25) is 0 Å². The van der Waals surface area contributed by atoms with Crippen LogP contribution in [0.3, 0.4) is 0 Å². The predicted molar refractivity (Wildman–Crippen MR) is 28.8 cm³/mol. The van der Waals surface area contributed by atoms with Crippen LogP contribution < -0.4 is 0 Å². The van der Waals surface area contributed by atoms with E-state index >= 15 is 0 Å². The summed E-state index contributed by atoms with van der Waals surface area (Å²) < 4.78 is 71.5. The van der Waals surface area contributed by atoms with E-state index in [2.05, 4.69) is 0 Å². The number of hydrogen-bond acceptors (Lipinski definition) is 2. The summed E-state index contributed by atoms with van der Waals surface area (Å²) in [6, 6.07) is 0. The maximum atomic E-state index is 12.1. The Morgan fingerprint density at radius 2 is 1.31 bits per heavy atom. The molecule has 0 saturated heterocycles. The van der Waals surface area contributed by atoms with Gasteiger partial charge in [0.05, 0.1) is 0 Å². The van der Waals surface area contributed by atoms with Gasteiger partial charge in [-0.1, -0.05) is 0 Å². The molecule has 0 aromatic rings. The Balaban J connectivity index is 4.81. The molecule has 0 rings (SSSR count). The predicted octanol–water partition coefficient (Wildman–Crippen LogP) is 1.22. The first-order chi connectivity index (χ1) is 5.56. The maximum Gasteiger partial charge on any atom is 0.423 e.